The second-order valence-electron chi connectivity index (χ2n) is 6.91. The molecular weight excluding hydrogens is 378 g/mol. The first-order valence-electron chi connectivity index (χ1n) is 9.59. The molecule has 4 rings (SSSR count). The quantitative estimate of drug-likeness (QED) is 0.535. The largest absolute Gasteiger partial charge is 0.497 e. The lowest BCUT2D eigenvalue weighted by Gasteiger charge is -2.23. The van der Waals surface area contributed by atoms with E-state index in [0.29, 0.717) is 28.8 Å². The number of ether oxygens (including phenoxy) is 1. The van der Waals surface area contributed by atoms with E-state index in [1.165, 1.54) is 0 Å². The lowest BCUT2D eigenvalue weighted by atomic mass is 10.1. The highest BCUT2D eigenvalue weighted by Gasteiger charge is 2.18. The summed E-state index contributed by atoms with van der Waals surface area (Å²) in [5.41, 5.74) is 1.91. The van der Waals surface area contributed by atoms with Gasteiger partial charge in [0.15, 0.2) is 0 Å². The highest BCUT2D eigenvalue weighted by molar-refractivity contribution is 5.94. The van der Waals surface area contributed by atoms with E-state index >= 15 is 0 Å². The predicted octanol–water partition coefficient (Wildman–Crippen LogP) is 3.77. The molecule has 0 aliphatic heterocycles. The van der Waals surface area contributed by atoms with Gasteiger partial charge in [0.25, 0.3) is 11.5 Å². The number of para-hydroxylation sites is 1. The van der Waals surface area contributed by atoms with Crippen molar-refractivity contribution in [2.45, 2.75) is 13.1 Å². The Bertz CT molecular complexity index is 1220. The van der Waals surface area contributed by atoms with E-state index in [-0.39, 0.29) is 18.0 Å². The molecule has 1 heterocycles. The molecule has 0 aliphatic carbocycles. The van der Waals surface area contributed by atoms with Crippen LogP contribution in [0.5, 0.6) is 5.75 Å². The standard InChI is InChI=1S/C24H21N3O3/c1-30-19-13-11-17(12-14-19)15-27(24(29)18-7-3-2-4-8-18)16-22-25-21-10-6-5-9-20(21)23(28)26-22/h2-14H,15-16H2,1H3,(H,25,26,28). The van der Waals surface area contributed by atoms with Crippen LogP contribution < -0.4 is 10.3 Å². The lowest BCUT2D eigenvalue weighted by Crippen LogP contribution is -2.31. The SMILES string of the molecule is COc1ccc(CN(Cc2nc3ccccc3c(=O)[nH]2)C(=O)c2ccccc2)cc1. The number of carbonyl (C=O) groups excluding carboxylic acids is 1. The van der Waals surface area contributed by atoms with Gasteiger partial charge in [0.05, 0.1) is 24.6 Å². The molecule has 4 aromatic rings. The van der Waals surface area contributed by atoms with Gasteiger partial charge in [-0.15, -0.1) is 0 Å². The Balaban J connectivity index is 1.67. The van der Waals surface area contributed by atoms with E-state index in [1.54, 1.807) is 42.3 Å². The topological polar surface area (TPSA) is 75.3 Å². The zero-order valence-electron chi connectivity index (χ0n) is 16.5. The van der Waals surface area contributed by atoms with E-state index in [1.807, 2.05) is 48.5 Å². The molecule has 0 radical (unpaired) electrons. The van der Waals surface area contributed by atoms with E-state index in [2.05, 4.69) is 9.97 Å². The fraction of sp³-hybridized carbons (Fsp3) is 0.125. The van der Waals surface area contributed by atoms with Gasteiger partial charge < -0.3 is 14.6 Å². The number of carbonyl (C=O) groups is 1. The molecule has 3 aromatic carbocycles. The third kappa shape index (κ3) is 4.22. The first kappa shape index (κ1) is 19.4. The van der Waals surface area contributed by atoms with Gasteiger partial charge >= 0.3 is 0 Å². The third-order valence-corrected chi connectivity index (χ3v) is 4.84. The molecular formula is C24H21N3O3. The number of aromatic nitrogens is 2. The maximum Gasteiger partial charge on any atom is 0.258 e. The van der Waals surface area contributed by atoms with Crippen LogP contribution in [0.1, 0.15) is 21.7 Å². The van der Waals surface area contributed by atoms with E-state index < -0.39 is 0 Å². The number of amides is 1. The Morgan fingerprint density at radius 3 is 2.37 bits per heavy atom. The van der Waals surface area contributed by atoms with Gasteiger partial charge in [-0.05, 0) is 42.0 Å². The molecule has 0 fully saturated rings. The van der Waals surface area contributed by atoms with E-state index in [4.69, 9.17) is 4.74 Å². The summed E-state index contributed by atoms with van der Waals surface area (Å²) >= 11 is 0. The van der Waals surface area contributed by atoms with Crippen molar-refractivity contribution >= 4 is 16.8 Å². The predicted molar refractivity (Wildman–Crippen MR) is 115 cm³/mol. The van der Waals surface area contributed by atoms with Crippen LogP contribution in [-0.4, -0.2) is 27.9 Å². The van der Waals surface area contributed by atoms with Gasteiger partial charge in [-0.25, -0.2) is 4.98 Å². The smallest absolute Gasteiger partial charge is 0.258 e. The fourth-order valence-corrected chi connectivity index (χ4v) is 3.30. The Kier molecular flexibility index (Phi) is 5.57. The van der Waals surface area contributed by atoms with Crippen LogP contribution in [0.15, 0.2) is 83.7 Å². The van der Waals surface area contributed by atoms with Crippen LogP contribution in [0.25, 0.3) is 10.9 Å². The molecule has 0 saturated heterocycles. The average Bonchev–Trinajstić information content (AvgIpc) is 2.79. The van der Waals surface area contributed by atoms with Gasteiger partial charge in [-0.2, -0.15) is 0 Å². The van der Waals surface area contributed by atoms with Crippen LogP contribution in [0.4, 0.5) is 0 Å². The second kappa shape index (κ2) is 8.61. The van der Waals surface area contributed by atoms with E-state index in [9.17, 15) is 9.59 Å². The summed E-state index contributed by atoms with van der Waals surface area (Å²) in [6.07, 6.45) is 0. The number of nitrogens with zero attached hydrogens (tertiary/aromatic N) is 2. The summed E-state index contributed by atoms with van der Waals surface area (Å²) in [7, 11) is 1.61. The molecule has 30 heavy (non-hydrogen) atoms. The number of nitrogens with one attached hydrogen (secondary N) is 1. The van der Waals surface area contributed by atoms with Gasteiger partial charge in [0, 0.05) is 12.1 Å². The molecule has 0 spiro atoms. The second-order valence-corrected chi connectivity index (χ2v) is 6.91. The molecule has 150 valence electrons. The number of hydrogen-bond acceptors (Lipinski definition) is 4. The molecule has 6 nitrogen and oxygen atoms in total. The highest BCUT2D eigenvalue weighted by Crippen LogP contribution is 2.17. The van der Waals surface area contributed by atoms with Crippen molar-refractivity contribution in [2.75, 3.05) is 7.11 Å². The highest BCUT2D eigenvalue weighted by atomic mass is 16.5. The fourth-order valence-electron chi connectivity index (χ4n) is 3.30. The molecule has 1 aromatic heterocycles. The number of aromatic amines is 1. The Morgan fingerprint density at radius 1 is 0.933 bits per heavy atom. The maximum absolute atomic E-state index is 13.2. The van der Waals surface area contributed by atoms with Crippen molar-refractivity contribution in [3.63, 3.8) is 0 Å². The zero-order chi connectivity index (χ0) is 20.9. The number of rotatable bonds is 6. The van der Waals surface area contributed by atoms with Crippen molar-refractivity contribution in [1.29, 1.82) is 0 Å². The van der Waals surface area contributed by atoms with Crippen LogP contribution in [0, 0.1) is 0 Å². The first-order chi connectivity index (χ1) is 14.6. The molecule has 6 heteroatoms. The Morgan fingerprint density at radius 2 is 1.63 bits per heavy atom. The van der Waals surface area contributed by atoms with Crippen LogP contribution in [0.3, 0.4) is 0 Å². The molecule has 0 bridgehead atoms. The summed E-state index contributed by atoms with van der Waals surface area (Å²) in [5.74, 6) is 1.05. The zero-order valence-corrected chi connectivity index (χ0v) is 16.5. The lowest BCUT2D eigenvalue weighted by molar-refractivity contribution is 0.0725. The summed E-state index contributed by atoms with van der Waals surface area (Å²) < 4.78 is 5.21. The average molecular weight is 399 g/mol. The van der Waals surface area contributed by atoms with Crippen molar-refractivity contribution in [3.05, 3.63) is 106 Å². The minimum Gasteiger partial charge on any atom is -0.497 e. The molecule has 0 unspecified atom stereocenters. The molecule has 0 aliphatic rings. The first-order valence-corrected chi connectivity index (χ1v) is 9.59. The normalized spacial score (nSPS) is 10.7. The third-order valence-electron chi connectivity index (χ3n) is 4.84. The van der Waals surface area contributed by atoms with Crippen LogP contribution in [0.2, 0.25) is 0 Å². The summed E-state index contributed by atoms with van der Waals surface area (Å²) in [4.78, 5) is 34.7. The van der Waals surface area contributed by atoms with E-state index in [0.717, 1.165) is 11.3 Å². The monoisotopic (exact) mass is 399 g/mol. The summed E-state index contributed by atoms with van der Waals surface area (Å²) in [5, 5.41) is 0.525. The van der Waals surface area contributed by atoms with Gasteiger partial charge in [-0.1, -0.05) is 42.5 Å². The summed E-state index contributed by atoms with van der Waals surface area (Å²) in [6.45, 7) is 0.550. The van der Waals surface area contributed by atoms with Gasteiger partial charge in [-0.3, -0.25) is 9.59 Å². The molecule has 0 saturated carbocycles. The number of methoxy groups -OCH3 is 1. The minimum absolute atomic E-state index is 0.137. The Hall–Kier alpha value is -3.93. The number of benzene rings is 3. The van der Waals surface area contributed by atoms with Crippen molar-refractivity contribution in [3.8, 4) is 5.75 Å². The summed E-state index contributed by atoms with van der Waals surface area (Å²) in [6, 6.07) is 23.8. The van der Waals surface area contributed by atoms with Crippen molar-refractivity contribution < 1.29 is 9.53 Å². The van der Waals surface area contributed by atoms with Gasteiger partial charge in [0.2, 0.25) is 0 Å². The molecule has 1 N–H and O–H groups in total. The number of fused-ring (bicyclic) bond motifs is 1. The molecule has 1 amide bonds. The number of H-pyrrole nitrogens is 1. The maximum atomic E-state index is 13.2. The molecule has 0 atom stereocenters. The van der Waals surface area contributed by atoms with Crippen LogP contribution >= 0.6 is 0 Å². The minimum atomic E-state index is -0.216. The van der Waals surface area contributed by atoms with Crippen molar-refractivity contribution in [2.24, 2.45) is 0 Å². The number of hydrogen-bond donors (Lipinski definition) is 1. The van der Waals surface area contributed by atoms with Gasteiger partial charge in [0.1, 0.15) is 11.6 Å². The van der Waals surface area contributed by atoms with Crippen LogP contribution in [-0.2, 0) is 13.1 Å². The van der Waals surface area contributed by atoms with Crippen molar-refractivity contribution in [1.82, 2.24) is 14.9 Å². The Labute approximate surface area is 173 Å².